The lowest BCUT2D eigenvalue weighted by atomic mass is 9.88. The molecular weight excluding hydrogens is 190 g/mol. The Hall–Kier alpha value is -0.570. The number of aliphatic hydroxyl groups excluding tert-OH is 1. The van der Waals surface area contributed by atoms with Crippen molar-refractivity contribution in [1.29, 1.82) is 0 Å². The van der Waals surface area contributed by atoms with Crippen LogP contribution in [0.3, 0.4) is 0 Å². The average Bonchev–Trinajstić information content (AvgIpc) is 2.66. The molecule has 1 atom stereocenters. The van der Waals surface area contributed by atoms with Gasteiger partial charge in [-0.15, -0.1) is 0 Å². The standard InChI is InChI=1S/C12H23NO2/c1-3-10(14)6-9-13-11(15)12(2)7-4-5-8-12/h10,14H,3-9H2,1-2H3,(H,13,15). The molecule has 2 N–H and O–H groups in total. The van der Waals surface area contributed by atoms with Crippen molar-refractivity contribution < 1.29 is 9.90 Å². The molecule has 1 fully saturated rings. The first-order valence-corrected chi connectivity index (χ1v) is 6.05. The molecule has 0 aromatic carbocycles. The van der Waals surface area contributed by atoms with Crippen LogP contribution >= 0.6 is 0 Å². The summed E-state index contributed by atoms with van der Waals surface area (Å²) in [6.45, 7) is 4.60. The Morgan fingerprint density at radius 2 is 2.07 bits per heavy atom. The number of nitrogens with one attached hydrogen (secondary N) is 1. The van der Waals surface area contributed by atoms with Gasteiger partial charge in [0, 0.05) is 12.0 Å². The highest BCUT2D eigenvalue weighted by Gasteiger charge is 2.35. The molecule has 0 spiro atoms. The Bertz CT molecular complexity index is 210. The van der Waals surface area contributed by atoms with Gasteiger partial charge in [0.2, 0.25) is 5.91 Å². The lowest BCUT2D eigenvalue weighted by Crippen LogP contribution is -2.38. The number of amides is 1. The second-order valence-corrected chi connectivity index (χ2v) is 4.87. The Morgan fingerprint density at radius 3 is 2.60 bits per heavy atom. The highest BCUT2D eigenvalue weighted by Crippen LogP contribution is 2.37. The van der Waals surface area contributed by atoms with Crippen molar-refractivity contribution in [3.05, 3.63) is 0 Å². The molecule has 88 valence electrons. The summed E-state index contributed by atoms with van der Waals surface area (Å²) >= 11 is 0. The number of rotatable bonds is 5. The van der Waals surface area contributed by atoms with Gasteiger partial charge in [-0.25, -0.2) is 0 Å². The zero-order valence-electron chi connectivity index (χ0n) is 9.88. The van der Waals surface area contributed by atoms with Crippen LogP contribution in [0.1, 0.15) is 52.4 Å². The number of carbonyl (C=O) groups is 1. The van der Waals surface area contributed by atoms with Crippen molar-refractivity contribution in [2.24, 2.45) is 5.41 Å². The van der Waals surface area contributed by atoms with E-state index in [2.05, 4.69) is 5.32 Å². The highest BCUT2D eigenvalue weighted by molar-refractivity contribution is 5.82. The largest absolute Gasteiger partial charge is 0.393 e. The summed E-state index contributed by atoms with van der Waals surface area (Å²) in [7, 11) is 0. The first kappa shape index (κ1) is 12.5. The lowest BCUT2D eigenvalue weighted by Gasteiger charge is -2.22. The molecule has 0 aromatic heterocycles. The third-order valence-electron chi connectivity index (χ3n) is 3.49. The molecule has 0 saturated heterocycles. The van der Waals surface area contributed by atoms with Crippen LogP contribution in [0.5, 0.6) is 0 Å². The van der Waals surface area contributed by atoms with Crippen LogP contribution in [0.15, 0.2) is 0 Å². The first-order valence-electron chi connectivity index (χ1n) is 6.05. The summed E-state index contributed by atoms with van der Waals surface area (Å²) in [6.07, 6.45) is 5.50. The molecule has 1 saturated carbocycles. The zero-order chi connectivity index (χ0) is 11.3. The minimum Gasteiger partial charge on any atom is -0.393 e. The van der Waals surface area contributed by atoms with Crippen molar-refractivity contribution in [3.63, 3.8) is 0 Å². The summed E-state index contributed by atoms with van der Waals surface area (Å²) in [5, 5.41) is 12.3. The van der Waals surface area contributed by atoms with Crippen LogP contribution in [0.25, 0.3) is 0 Å². The number of aliphatic hydroxyl groups is 1. The summed E-state index contributed by atoms with van der Waals surface area (Å²) in [4.78, 5) is 11.8. The molecule has 3 nitrogen and oxygen atoms in total. The smallest absolute Gasteiger partial charge is 0.225 e. The van der Waals surface area contributed by atoms with E-state index in [0.29, 0.717) is 13.0 Å². The van der Waals surface area contributed by atoms with E-state index in [1.54, 1.807) is 0 Å². The number of carbonyl (C=O) groups excluding carboxylic acids is 1. The highest BCUT2D eigenvalue weighted by atomic mass is 16.3. The SMILES string of the molecule is CCC(O)CCNC(=O)C1(C)CCCC1. The molecule has 1 aliphatic rings. The van der Waals surface area contributed by atoms with E-state index >= 15 is 0 Å². The fraction of sp³-hybridized carbons (Fsp3) is 0.917. The molecule has 3 heteroatoms. The maximum atomic E-state index is 11.8. The van der Waals surface area contributed by atoms with Crippen molar-refractivity contribution in [2.75, 3.05) is 6.54 Å². The zero-order valence-corrected chi connectivity index (χ0v) is 9.88. The molecule has 0 aliphatic heterocycles. The number of hydrogen-bond acceptors (Lipinski definition) is 2. The molecule has 0 bridgehead atoms. The second kappa shape index (κ2) is 5.50. The molecular formula is C12H23NO2. The van der Waals surface area contributed by atoms with Gasteiger partial charge in [-0.2, -0.15) is 0 Å². The summed E-state index contributed by atoms with van der Waals surface area (Å²) in [6, 6.07) is 0. The molecule has 0 aromatic rings. The molecule has 1 unspecified atom stereocenters. The van der Waals surface area contributed by atoms with Crippen LogP contribution in [0, 0.1) is 5.41 Å². The van der Waals surface area contributed by atoms with Gasteiger partial charge in [0.15, 0.2) is 0 Å². The lowest BCUT2D eigenvalue weighted by molar-refractivity contribution is -0.129. The molecule has 0 radical (unpaired) electrons. The fourth-order valence-electron chi connectivity index (χ4n) is 2.15. The summed E-state index contributed by atoms with van der Waals surface area (Å²) in [5.74, 6) is 0.170. The van der Waals surface area contributed by atoms with E-state index in [0.717, 1.165) is 19.3 Å². The minimum atomic E-state index is -0.276. The van der Waals surface area contributed by atoms with Crippen molar-refractivity contribution in [3.8, 4) is 0 Å². The minimum absolute atomic E-state index is 0.142. The Balaban J connectivity index is 2.24. The van der Waals surface area contributed by atoms with Crippen LogP contribution in [0.4, 0.5) is 0 Å². The van der Waals surface area contributed by atoms with Crippen LogP contribution < -0.4 is 5.32 Å². The normalized spacial score (nSPS) is 21.3. The van der Waals surface area contributed by atoms with E-state index in [9.17, 15) is 9.90 Å². The van der Waals surface area contributed by atoms with Gasteiger partial charge in [-0.3, -0.25) is 4.79 Å². The van der Waals surface area contributed by atoms with E-state index in [1.165, 1.54) is 12.8 Å². The third kappa shape index (κ3) is 3.49. The van der Waals surface area contributed by atoms with Crippen LogP contribution in [-0.2, 0) is 4.79 Å². The van der Waals surface area contributed by atoms with Crippen LogP contribution in [-0.4, -0.2) is 23.7 Å². The Labute approximate surface area is 92.3 Å². The molecule has 1 rings (SSSR count). The molecule has 1 amide bonds. The third-order valence-corrected chi connectivity index (χ3v) is 3.49. The van der Waals surface area contributed by atoms with Gasteiger partial charge in [0.1, 0.15) is 0 Å². The van der Waals surface area contributed by atoms with Gasteiger partial charge < -0.3 is 10.4 Å². The van der Waals surface area contributed by atoms with Crippen molar-refractivity contribution in [2.45, 2.75) is 58.5 Å². The fourth-order valence-corrected chi connectivity index (χ4v) is 2.15. The maximum absolute atomic E-state index is 11.8. The predicted molar refractivity (Wildman–Crippen MR) is 60.5 cm³/mol. The van der Waals surface area contributed by atoms with Crippen molar-refractivity contribution in [1.82, 2.24) is 5.32 Å². The first-order chi connectivity index (χ1) is 7.08. The van der Waals surface area contributed by atoms with Gasteiger partial charge >= 0.3 is 0 Å². The average molecular weight is 213 g/mol. The molecule has 0 heterocycles. The summed E-state index contributed by atoms with van der Waals surface area (Å²) < 4.78 is 0. The van der Waals surface area contributed by atoms with E-state index in [4.69, 9.17) is 0 Å². The summed E-state index contributed by atoms with van der Waals surface area (Å²) in [5.41, 5.74) is -0.142. The number of hydrogen-bond donors (Lipinski definition) is 2. The molecule has 15 heavy (non-hydrogen) atoms. The Kier molecular flexibility index (Phi) is 4.58. The molecule has 1 aliphatic carbocycles. The quantitative estimate of drug-likeness (QED) is 0.732. The second-order valence-electron chi connectivity index (χ2n) is 4.87. The monoisotopic (exact) mass is 213 g/mol. The van der Waals surface area contributed by atoms with Gasteiger partial charge in [0.05, 0.1) is 6.10 Å². The van der Waals surface area contributed by atoms with Crippen molar-refractivity contribution >= 4 is 5.91 Å². The van der Waals surface area contributed by atoms with E-state index in [1.807, 2.05) is 13.8 Å². The Morgan fingerprint density at radius 1 is 1.47 bits per heavy atom. The topological polar surface area (TPSA) is 49.3 Å². The van der Waals surface area contributed by atoms with Gasteiger partial charge in [-0.05, 0) is 25.7 Å². The van der Waals surface area contributed by atoms with Gasteiger partial charge in [-0.1, -0.05) is 26.7 Å². The van der Waals surface area contributed by atoms with E-state index < -0.39 is 0 Å². The maximum Gasteiger partial charge on any atom is 0.225 e. The van der Waals surface area contributed by atoms with E-state index in [-0.39, 0.29) is 17.4 Å². The predicted octanol–water partition coefficient (Wildman–Crippen LogP) is 1.84. The van der Waals surface area contributed by atoms with Gasteiger partial charge in [0.25, 0.3) is 0 Å². The van der Waals surface area contributed by atoms with Crippen LogP contribution in [0.2, 0.25) is 0 Å².